The quantitative estimate of drug-likeness (QED) is 0.505. The summed E-state index contributed by atoms with van der Waals surface area (Å²) in [6, 6.07) is 19.0. The van der Waals surface area contributed by atoms with E-state index >= 15 is 0 Å². The van der Waals surface area contributed by atoms with E-state index in [1.807, 2.05) is 30.3 Å². The standard InChI is InChI=1S/C19H14BFN2O2/c21-15-4-1-3-13(11-15)19-22-17-6-2-5-16(18(17)23-19)12-7-9-14(10-8-12)20(24)25/h1-11,24-25H,(H,22,23). The first-order valence-electron chi connectivity index (χ1n) is 7.83. The van der Waals surface area contributed by atoms with Crippen LogP contribution >= 0.6 is 0 Å². The summed E-state index contributed by atoms with van der Waals surface area (Å²) >= 11 is 0. The third-order valence-corrected chi connectivity index (χ3v) is 4.14. The molecule has 0 amide bonds. The van der Waals surface area contributed by atoms with E-state index in [0.717, 1.165) is 22.2 Å². The van der Waals surface area contributed by atoms with Crippen LogP contribution in [0.5, 0.6) is 0 Å². The van der Waals surface area contributed by atoms with Crippen LogP contribution in [0.2, 0.25) is 0 Å². The van der Waals surface area contributed by atoms with E-state index in [1.165, 1.54) is 12.1 Å². The van der Waals surface area contributed by atoms with Gasteiger partial charge in [0.05, 0.1) is 11.0 Å². The summed E-state index contributed by atoms with van der Waals surface area (Å²) in [6.07, 6.45) is 0. The van der Waals surface area contributed by atoms with Crippen molar-refractivity contribution >= 4 is 23.6 Å². The van der Waals surface area contributed by atoms with E-state index < -0.39 is 7.12 Å². The molecule has 0 atom stereocenters. The van der Waals surface area contributed by atoms with E-state index in [2.05, 4.69) is 9.97 Å². The minimum Gasteiger partial charge on any atom is -0.423 e. The fourth-order valence-electron chi connectivity index (χ4n) is 2.88. The summed E-state index contributed by atoms with van der Waals surface area (Å²) in [6.45, 7) is 0. The van der Waals surface area contributed by atoms with Crippen LogP contribution in [0.1, 0.15) is 0 Å². The first-order valence-corrected chi connectivity index (χ1v) is 7.83. The second-order valence-corrected chi connectivity index (χ2v) is 5.79. The molecule has 4 aromatic rings. The molecule has 122 valence electrons. The predicted octanol–water partition coefficient (Wildman–Crippen LogP) is 2.72. The molecule has 0 saturated carbocycles. The van der Waals surface area contributed by atoms with Gasteiger partial charge < -0.3 is 15.0 Å². The lowest BCUT2D eigenvalue weighted by molar-refractivity contribution is 0.426. The first-order chi connectivity index (χ1) is 12.1. The number of halogens is 1. The lowest BCUT2D eigenvalue weighted by atomic mass is 9.80. The van der Waals surface area contributed by atoms with Gasteiger partial charge in [0.25, 0.3) is 0 Å². The summed E-state index contributed by atoms with van der Waals surface area (Å²) in [4.78, 5) is 7.82. The fraction of sp³-hybridized carbons (Fsp3) is 0. The maximum Gasteiger partial charge on any atom is 0.488 e. The van der Waals surface area contributed by atoms with Crippen LogP contribution in [0, 0.1) is 5.82 Å². The topological polar surface area (TPSA) is 69.1 Å². The molecule has 0 saturated heterocycles. The average Bonchev–Trinajstić information content (AvgIpc) is 3.06. The van der Waals surface area contributed by atoms with Gasteiger partial charge in [-0.3, -0.25) is 0 Å². The molecule has 0 aliphatic heterocycles. The number of hydrogen-bond donors (Lipinski definition) is 3. The Morgan fingerprint density at radius 2 is 1.64 bits per heavy atom. The Hall–Kier alpha value is -2.96. The van der Waals surface area contributed by atoms with E-state index in [0.29, 0.717) is 16.9 Å². The Balaban J connectivity index is 1.82. The van der Waals surface area contributed by atoms with Crippen LogP contribution in [0.3, 0.4) is 0 Å². The molecular formula is C19H14BFN2O2. The molecule has 0 spiro atoms. The molecule has 0 unspecified atom stereocenters. The van der Waals surface area contributed by atoms with Crippen LogP contribution in [0.15, 0.2) is 66.7 Å². The number of imidazole rings is 1. The maximum atomic E-state index is 13.5. The molecule has 3 N–H and O–H groups in total. The van der Waals surface area contributed by atoms with Gasteiger partial charge >= 0.3 is 7.12 Å². The molecule has 3 aromatic carbocycles. The molecule has 0 aliphatic carbocycles. The zero-order chi connectivity index (χ0) is 17.4. The Labute approximate surface area is 143 Å². The highest BCUT2D eigenvalue weighted by Crippen LogP contribution is 2.29. The monoisotopic (exact) mass is 332 g/mol. The predicted molar refractivity (Wildman–Crippen MR) is 96.7 cm³/mol. The van der Waals surface area contributed by atoms with Crippen molar-refractivity contribution in [2.75, 3.05) is 0 Å². The molecule has 0 fully saturated rings. The third kappa shape index (κ3) is 2.93. The minimum atomic E-state index is -1.49. The van der Waals surface area contributed by atoms with Crippen LogP contribution < -0.4 is 5.46 Å². The highest BCUT2D eigenvalue weighted by Gasteiger charge is 2.13. The van der Waals surface area contributed by atoms with Crippen molar-refractivity contribution in [3.63, 3.8) is 0 Å². The van der Waals surface area contributed by atoms with Crippen molar-refractivity contribution in [3.05, 3.63) is 72.5 Å². The number of hydrogen-bond acceptors (Lipinski definition) is 3. The van der Waals surface area contributed by atoms with Crippen LogP contribution in [0.25, 0.3) is 33.5 Å². The number of benzene rings is 3. The second-order valence-electron chi connectivity index (χ2n) is 5.79. The highest BCUT2D eigenvalue weighted by atomic mass is 19.1. The van der Waals surface area contributed by atoms with Gasteiger partial charge in [0.15, 0.2) is 0 Å². The van der Waals surface area contributed by atoms with E-state index in [4.69, 9.17) is 0 Å². The summed E-state index contributed by atoms with van der Waals surface area (Å²) < 4.78 is 13.5. The van der Waals surface area contributed by atoms with Gasteiger partial charge in [0.1, 0.15) is 11.6 Å². The van der Waals surface area contributed by atoms with Crippen LogP contribution in [-0.2, 0) is 0 Å². The Morgan fingerprint density at radius 3 is 2.36 bits per heavy atom. The van der Waals surface area contributed by atoms with Gasteiger partial charge in [-0.25, -0.2) is 9.37 Å². The Bertz CT molecular complexity index is 1040. The molecule has 25 heavy (non-hydrogen) atoms. The van der Waals surface area contributed by atoms with Gasteiger partial charge in [0, 0.05) is 11.1 Å². The lowest BCUT2D eigenvalue weighted by Crippen LogP contribution is -2.29. The maximum absolute atomic E-state index is 13.5. The van der Waals surface area contributed by atoms with E-state index in [1.54, 1.807) is 24.3 Å². The molecule has 1 aromatic heterocycles. The van der Waals surface area contributed by atoms with E-state index in [-0.39, 0.29) is 5.82 Å². The Kier molecular flexibility index (Phi) is 3.84. The normalized spacial score (nSPS) is 11.0. The number of nitrogens with zero attached hydrogens (tertiary/aromatic N) is 1. The number of H-pyrrole nitrogens is 1. The van der Waals surface area contributed by atoms with Gasteiger partial charge in [-0.2, -0.15) is 0 Å². The Morgan fingerprint density at radius 1 is 0.880 bits per heavy atom. The van der Waals surface area contributed by atoms with Gasteiger partial charge in [0.2, 0.25) is 0 Å². The first kappa shape index (κ1) is 15.6. The fourth-order valence-corrected chi connectivity index (χ4v) is 2.88. The number of nitrogens with one attached hydrogen (secondary N) is 1. The summed E-state index contributed by atoms with van der Waals surface area (Å²) in [5, 5.41) is 18.4. The van der Waals surface area contributed by atoms with Crippen molar-refractivity contribution in [1.82, 2.24) is 9.97 Å². The molecule has 1 heterocycles. The van der Waals surface area contributed by atoms with Crippen LogP contribution in [0.4, 0.5) is 4.39 Å². The molecule has 4 rings (SSSR count). The summed E-state index contributed by atoms with van der Waals surface area (Å²) in [5.41, 5.74) is 4.60. The zero-order valence-electron chi connectivity index (χ0n) is 13.1. The largest absolute Gasteiger partial charge is 0.488 e. The van der Waals surface area contributed by atoms with Crippen molar-refractivity contribution in [1.29, 1.82) is 0 Å². The number of fused-ring (bicyclic) bond motifs is 1. The van der Waals surface area contributed by atoms with Crippen molar-refractivity contribution in [2.24, 2.45) is 0 Å². The number of aromatic amines is 1. The lowest BCUT2D eigenvalue weighted by Gasteiger charge is -2.05. The van der Waals surface area contributed by atoms with E-state index in [9.17, 15) is 14.4 Å². The molecule has 4 nitrogen and oxygen atoms in total. The van der Waals surface area contributed by atoms with Gasteiger partial charge in [-0.1, -0.05) is 48.5 Å². The van der Waals surface area contributed by atoms with Gasteiger partial charge in [-0.05, 0) is 29.2 Å². The summed E-state index contributed by atoms with van der Waals surface area (Å²) in [5.74, 6) is 0.292. The van der Waals surface area contributed by atoms with Crippen LogP contribution in [-0.4, -0.2) is 27.1 Å². The average molecular weight is 332 g/mol. The second kappa shape index (κ2) is 6.16. The van der Waals surface area contributed by atoms with Crippen molar-refractivity contribution < 1.29 is 14.4 Å². The molecule has 0 bridgehead atoms. The minimum absolute atomic E-state index is 0.309. The summed E-state index contributed by atoms with van der Waals surface area (Å²) in [7, 11) is -1.49. The molecule has 0 aliphatic rings. The smallest absolute Gasteiger partial charge is 0.423 e. The molecule has 6 heteroatoms. The number of para-hydroxylation sites is 1. The number of aromatic nitrogens is 2. The SMILES string of the molecule is OB(O)c1ccc(-c2cccc3nc(-c4cccc(F)c4)[nH]c23)cc1. The van der Waals surface area contributed by atoms with Crippen molar-refractivity contribution in [2.45, 2.75) is 0 Å². The molecule has 0 radical (unpaired) electrons. The highest BCUT2D eigenvalue weighted by molar-refractivity contribution is 6.58. The number of rotatable bonds is 3. The van der Waals surface area contributed by atoms with Gasteiger partial charge in [-0.15, -0.1) is 0 Å². The third-order valence-electron chi connectivity index (χ3n) is 4.14. The zero-order valence-corrected chi connectivity index (χ0v) is 13.1. The molecular weight excluding hydrogens is 318 g/mol. The van der Waals surface area contributed by atoms with Crippen molar-refractivity contribution in [3.8, 4) is 22.5 Å².